The summed E-state index contributed by atoms with van der Waals surface area (Å²) in [7, 11) is 0. The van der Waals surface area contributed by atoms with E-state index in [1.807, 2.05) is 26.0 Å². The lowest BCUT2D eigenvalue weighted by molar-refractivity contribution is -0.132. The van der Waals surface area contributed by atoms with Crippen LogP contribution >= 0.6 is 22.9 Å². The monoisotopic (exact) mass is 490 g/mol. The van der Waals surface area contributed by atoms with Gasteiger partial charge in [0, 0.05) is 10.6 Å². The highest BCUT2D eigenvalue weighted by atomic mass is 35.5. The van der Waals surface area contributed by atoms with Crippen molar-refractivity contribution in [1.82, 2.24) is 4.98 Å². The van der Waals surface area contributed by atoms with Crippen LogP contribution in [-0.2, 0) is 9.59 Å². The molecule has 1 fully saturated rings. The fourth-order valence-corrected chi connectivity index (χ4v) is 5.40. The van der Waals surface area contributed by atoms with Crippen LogP contribution in [0.4, 0.5) is 5.13 Å². The molecule has 0 bridgehead atoms. The topological polar surface area (TPSA) is 90.7 Å². The number of amides is 1. The van der Waals surface area contributed by atoms with Crippen molar-refractivity contribution in [3.63, 3.8) is 0 Å². The molecule has 1 aliphatic heterocycles. The molecule has 0 aliphatic carbocycles. The smallest absolute Gasteiger partial charge is 0.301 e. The number of aromatic hydroxyl groups is 1. The normalized spacial score (nSPS) is 17.6. The third kappa shape index (κ3) is 3.63. The summed E-state index contributed by atoms with van der Waals surface area (Å²) in [5, 5.41) is 22.0. The molecular formula is C26H19ClN2O4S. The summed E-state index contributed by atoms with van der Waals surface area (Å²) in [6.45, 7) is 3.72. The predicted molar refractivity (Wildman–Crippen MR) is 133 cm³/mol. The van der Waals surface area contributed by atoms with Crippen LogP contribution in [0.25, 0.3) is 16.0 Å². The Morgan fingerprint density at radius 2 is 1.76 bits per heavy atom. The van der Waals surface area contributed by atoms with Crippen molar-refractivity contribution >= 4 is 55.7 Å². The van der Waals surface area contributed by atoms with E-state index in [0.29, 0.717) is 26.8 Å². The number of phenols is 1. The number of rotatable bonds is 3. The summed E-state index contributed by atoms with van der Waals surface area (Å²) in [6.07, 6.45) is 0. The molecule has 0 radical (unpaired) electrons. The zero-order chi connectivity index (χ0) is 24.1. The molecule has 3 aromatic carbocycles. The summed E-state index contributed by atoms with van der Waals surface area (Å²) < 4.78 is 0.767. The number of hydrogen-bond donors (Lipinski definition) is 2. The molecule has 1 amide bonds. The van der Waals surface area contributed by atoms with Crippen molar-refractivity contribution in [2.75, 3.05) is 4.90 Å². The van der Waals surface area contributed by atoms with Gasteiger partial charge in [0.25, 0.3) is 5.78 Å². The van der Waals surface area contributed by atoms with E-state index in [9.17, 15) is 19.8 Å². The van der Waals surface area contributed by atoms with E-state index in [1.54, 1.807) is 36.4 Å². The maximum Gasteiger partial charge on any atom is 0.301 e. The van der Waals surface area contributed by atoms with E-state index in [2.05, 4.69) is 4.98 Å². The average Bonchev–Trinajstić information content (AvgIpc) is 3.33. The first-order valence-electron chi connectivity index (χ1n) is 10.5. The molecule has 1 saturated heterocycles. The molecule has 6 nitrogen and oxygen atoms in total. The lowest BCUT2D eigenvalue weighted by Crippen LogP contribution is -2.29. The number of fused-ring (bicyclic) bond motifs is 1. The molecule has 5 rings (SSSR count). The number of carbonyl (C=O) groups is 2. The molecule has 0 saturated carbocycles. The number of aromatic nitrogens is 1. The summed E-state index contributed by atoms with van der Waals surface area (Å²) >= 11 is 7.35. The molecule has 170 valence electrons. The van der Waals surface area contributed by atoms with Gasteiger partial charge in [0.15, 0.2) is 5.13 Å². The Morgan fingerprint density at radius 3 is 2.50 bits per heavy atom. The predicted octanol–water partition coefficient (Wildman–Crippen LogP) is 5.90. The van der Waals surface area contributed by atoms with Gasteiger partial charge in [0.05, 0.1) is 21.8 Å². The number of aliphatic hydroxyl groups excluding tert-OH is 1. The highest BCUT2D eigenvalue weighted by molar-refractivity contribution is 7.22. The van der Waals surface area contributed by atoms with Gasteiger partial charge in [-0.15, -0.1) is 0 Å². The lowest BCUT2D eigenvalue weighted by Gasteiger charge is -2.23. The fourth-order valence-electron chi connectivity index (χ4n) is 4.13. The number of benzene rings is 3. The third-order valence-electron chi connectivity index (χ3n) is 5.85. The van der Waals surface area contributed by atoms with Gasteiger partial charge in [-0.05, 0) is 61.4 Å². The second kappa shape index (κ2) is 8.27. The highest BCUT2D eigenvalue weighted by Gasteiger charge is 2.48. The number of halogens is 1. The van der Waals surface area contributed by atoms with Crippen molar-refractivity contribution in [3.8, 4) is 5.75 Å². The number of thiazole rings is 1. The average molecular weight is 491 g/mol. The quantitative estimate of drug-likeness (QED) is 0.212. The van der Waals surface area contributed by atoms with E-state index in [4.69, 9.17) is 11.6 Å². The van der Waals surface area contributed by atoms with Gasteiger partial charge >= 0.3 is 5.91 Å². The standard InChI is InChI=1S/C26H19ClN2O4S/c1-13-3-4-14(2)18(11-13)23(31)21-22(15-5-8-17(30)9-6-15)29(25(33)24(21)32)26-28-19-10-7-16(27)12-20(19)34-26/h3-12,22,30-31H,1-2H3/b23-21+. The fraction of sp³-hybridized carbons (Fsp3) is 0.115. The zero-order valence-corrected chi connectivity index (χ0v) is 19.8. The van der Waals surface area contributed by atoms with E-state index in [-0.39, 0.29) is 17.1 Å². The Bertz CT molecular complexity index is 1510. The minimum atomic E-state index is -0.920. The van der Waals surface area contributed by atoms with Crippen LogP contribution in [0.2, 0.25) is 5.02 Å². The Morgan fingerprint density at radius 1 is 1.03 bits per heavy atom. The third-order valence-corrected chi connectivity index (χ3v) is 7.10. The largest absolute Gasteiger partial charge is 0.508 e. The molecule has 2 heterocycles. The van der Waals surface area contributed by atoms with Crippen LogP contribution in [0.15, 0.2) is 66.2 Å². The summed E-state index contributed by atoms with van der Waals surface area (Å²) in [5.41, 5.74) is 3.34. The molecule has 1 unspecified atom stereocenters. The van der Waals surface area contributed by atoms with Gasteiger partial charge in [0.1, 0.15) is 11.5 Å². The number of Topliss-reactive ketones (excluding diaryl/α,β-unsaturated/α-hetero) is 1. The van der Waals surface area contributed by atoms with Crippen molar-refractivity contribution in [3.05, 3.63) is 93.5 Å². The Labute approximate surface area is 204 Å². The number of carbonyl (C=O) groups excluding carboxylic acids is 2. The summed E-state index contributed by atoms with van der Waals surface area (Å²) in [5.74, 6) is -1.78. The van der Waals surface area contributed by atoms with Crippen molar-refractivity contribution in [2.45, 2.75) is 19.9 Å². The molecule has 1 aliphatic rings. The number of aryl methyl sites for hydroxylation is 2. The molecule has 2 N–H and O–H groups in total. The molecule has 8 heteroatoms. The minimum Gasteiger partial charge on any atom is -0.508 e. The van der Waals surface area contributed by atoms with Gasteiger partial charge in [-0.1, -0.05) is 52.8 Å². The number of hydrogen-bond acceptors (Lipinski definition) is 6. The van der Waals surface area contributed by atoms with Crippen LogP contribution in [0, 0.1) is 13.8 Å². The zero-order valence-electron chi connectivity index (χ0n) is 18.2. The van der Waals surface area contributed by atoms with E-state index in [1.165, 1.54) is 28.4 Å². The van der Waals surface area contributed by atoms with Crippen LogP contribution in [0.3, 0.4) is 0 Å². The lowest BCUT2D eigenvalue weighted by atomic mass is 9.93. The molecular weight excluding hydrogens is 472 g/mol. The van der Waals surface area contributed by atoms with Crippen LogP contribution in [0.5, 0.6) is 5.75 Å². The van der Waals surface area contributed by atoms with Crippen LogP contribution in [0.1, 0.15) is 28.3 Å². The Hall–Kier alpha value is -3.68. The van der Waals surface area contributed by atoms with E-state index in [0.717, 1.165) is 15.8 Å². The molecule has 34 heavy (non-hydrogen) atoms. The van der Waals surface area contributed by atoms with Gasteiger partial charge in [0.2, 0.25) is 0 Å². The van der Waals surface area contributed by atoms with Gasteiger partial charge in [-0.2, -0.15) is 0 Å². The molecule has 1 aromatic heterocycles. The van der Waals surface area contributed by atoms with Crippen LogP contribution in [-0.4, -0.2) is 26.9 Å². The number of nitrogens with zero attached hydrogens (tertiary/aromatic N) is 2. The van der Waals surface area contributed by atoms with Gasteiger partial charge < -0.3 is 10.2 Å². The highest BCUT2D eigenvalue weighted by Crippen LogP contribution is 2.45. The van der Waals surface area contributed by atoms with Crippen molar-refractivity contribution in [2.24, 2.45) is 0 Å². The van der Waals surface area contributed by atoms with Gasteiger partial charge in [-0.3, -0.25) is 14.5 Å². The van der Waals surface area contributed by atoms with Gasteiger partial charge in [-0.25, -0.2) is 4.98 Å². The molecule has 1 atom stereocenters. The first-order chi connectivity index (χ1) is 16.2. The minimum absolute atomic E-state index is 0.0262. The Kier molecular flexibility index (Phi) is 5.38. The number of aliphatic hydroxyl groups is 1. The van der Waals surface area contributed by atoms with Crippen LogP contribution < -0.4 is 4.90 Å². The Balaban J connectivity index is 1.76. The number of anilines is 1. The first kappa shape index (κ1) is 22.1. The number of ketones is 1. The van der Waals surface area contributed by atoms with Crippen molar-refractivity contribution < 1.29 is 19.8 Å². The summed E-state index contributed by atoms with van der Waals surface area (Å²) in [6, 6.07) is 16.0. The number of phenolic OH excluding ortho intramolecular Hbond substituents is 1. The first-order valence-corrected chi connectivity index (χ1v) is 11.7. The van der Waals surface area contributed by atoms with Crippen molar-refractivity contribution in [1.29, 1.82) is 0 Å². The second-order valence-corrected chi connectivity index (χ2v) is 9.63. The maximum atomic E-state index is 13.3. The second-order valence-electron chi connectivity index (χ2n) is 8.19. The van der Waals surface area contributed by atoms with E-state index >= 15 is 0 Å². The maximum absolute atomic E-state index is 13.3. The molecule has 4 aromatic rings. The van der Waals surface area contributed by atoms with E-state index < -0.39 is 17.7 Å². The molecule has 0 spiro atoms. The summed E-state index contributed by atoms with van der Waals surface area (Å²) in [4.78, 5) is 32.5. The SMILES string of the molecule is Cc1ccc(C)c(/C(O)=C2\C(=O)C(=O)N(c3nc4ccc(Cl)cc4s3)C2c2ccc(O)cc2)c1.